The van der Waals surface area contributed by atoms with Gasteiger partial charge >= 0.3 is 5.69 Å². The smallest absolute Gasteiger partial charge is 0.311 e. The van der Waals surface area contributed by atoms with Gasteiger partial charge in [0.2, 0.25) is 5.75 Å². The molecule has 0 unspecified atom stereocenters. The van der Waals surface area contributed by atoms with Crippen LogP contribution in [0.5, 0.6) is 11.5 Å². The number of nitrogens with zero attached hydrogens (tertiary/aromatic N) is 1. The summed E-state index contributed by atoms with van der Waals surface area (Å²) in [5.41, 5.74) is 5.94. The molecule has 0 heterocycles. The molecule has 110 valence electrons. The summed E-state index contributed by atoms with van der Waals surface area (Å²) in [7, 11) is 1.40. The van der Waals surface area contributed by atoms with Crippen LogP contribution < -0.4 is 15.2 Å². The average molecular weight is 280 g/mol. The number of nitro benzene ring substituents is 1. The summed E-state index contributed by atoms with van der Waals surface area (Å²) in [4.78, 5) is 10.3. The predicted molar refractivity (Wildman–Crippen MR) is 75.1 cm³/mol. The molecule has 1 aromatic rings. The maximum Gasteiger partial charge on any atom is 0.311 e. The third kappa shape index (κ3) is 3.39. The largest absolute Gasteiger partial charge is 0.492 e. The fraction of sp³-hybridized carbons (Fsp3) is 0.571. The molecule has 0 spiro atoms. The van der Waals surface area contributed by atoms with Crippen molar-refractivity contribution < 1.29 is 14.4 Å². The molecule has 1 saturated carbocycles. The van der Waals surface area contributed by atoms with Crippen molar-refractivity contribution >= 4 is 5.69 Å². The monoisotopic (exact) mass is 280 g/mol. The zero-order valence-electron chi connectivity index (χ0n) is 11.6. The Hall–Kier alpha value is -1.82. The second kappa shape index (κ2) is 6.09. The van der Waals surface area contributed by atoms with Crippen LogP contribution in [0.2, 0.25) is 0 Å². The van der Waals surface area contributed by atoms with Crippen LogP contribution >= 0.6 is 0 Å². The molecule has 0 saturated heterocycles. The summed E-state index contributed by atoms with van der Waals surface area (Å²) in [6.07, 6.45) is 5.39. The molecule has 1 aromatic carbocycles. The number of nitrogens with two attached hydrogens (primary N) is 1. The van der Waals surface area contributed by atoms with Crippen LogP contribution in [-0.4, -0.2) is 24.2 Å². The predicted octanol–water partition coefficient (Wildman–Crippen LogP) is 2.64. The van der Waals surface area contributed by atoms with E-state index in [0.717, 1.165) is 25.7 Å². The second-order valence-corrected chi connectivity index (χ2v) is 5.30. The molecule has 1 fully saturated rings. The van der Waals surface area contributed by atoms with Gasteiger partial charge in [-0.3, -0.25) is 10.1 Å². The molecule has 1 aliphatic rings. The number of nitro groups is 1. The molecular formula is C14H20N2O4. The van der Waals surface area contributed by atoms with Gasteiger partial charge in [0.15, 0.2) is 0 Å². The van der Waals surface area contributed by atoms with E-state index in [9.17, 15) is 10.1 Å². The number of hydrogen-bond donors (Lipinski definition) is 1. The van der Waals surface area contributed by atoms with Crippen LogP contribution in [0.15, 0.2) is 18.2 Å². The van der Waals surface area contributed by atoms with Gasteiger partial charge < -0.3 is 15.2 Å². The van der Waals surface area contributed by atoms with Gasteiger partial charge in [0.25, 0.3) is 0 Å². The SMILES string of the molecule is COc1cc(OCC2(N)CCCCC2)ccc1[N+](=O)[O-]. The van der Waals surface area contributed by atoms with Crippen molar-refractivity contribution in [2.75, 3.05) is 13.7 Å². The molecule has 2 N–H and O–H groups in total. The van der Waals surface area contributed by atoms with E-state index in [0.29, 0.717) is 12.4 Å². The highest BCUT2D eigenvalue weighted by atomic mass is 16.6. The Morgan fingerprint density at radius 3 is 2.65 bits per heavy atom. The lowest BCUT2D eigenvalue weighted by Crippen LogP contribution is -2.47. The second-order valence-electron chi connectivity index (χ2n) is 5.30. The lowest BCUT2D eigenvalue weighted by atomic mass is 9.83. The minimum Gasteiger partial charge on any atom is -0.492 e. The summed E-state index contributed by atoms with van der Waals surface area (Å²) in [6.45, 7) is 0.425. The molecule has 6 nitrogen and oxygen atoms in total. The average Bonchev–Trinajstić information content (AvgIpc) is 2.45. The zero-order chi connectivity index (χ0) is 14.6. The molecule has 0 aliphatic heterocycles. The first-order valence-electron chi connectivity index (χ1n) is 6.78. The molecule has 6 heteroatoms. The summed E-state index contributed by atoms with van der Waals surface area (Å²) in [6, 6.07) is 4.50. The Morgan fingerprint density at radius 1 is 1.35 bits per heavy atom. The van der Waals surface area contributed by atoms with Crippen LogP contribution in [0, 0.1) is 10.1 Å². The number of benzene rings is 1. The van der Waals surface area contributed by atoms with E-state index in [1.807, 2.05) is 0 Å². The first kappa shape index (κ1) is 14.6. The lowest BCUT2D eigenvalue weighted by molar-refractivity contribution is -0.385. The van der Waals surface area contributed by atoms with Crippen LogP contribution in [-0.2, 0) is 0 Å². The minimum absolute atomic E-state index is 0.0695. The van der Waals surface area contributed by atoms with E-state index >= 15 is 0 Å². The van der Waals surface area contributed by atoms with Gasteiger partial charge in [0.1, 0.15) is 12.4 Å². The minimum atomic E-state index is -0.478. The van der Waals surface area contributed by atoms with Gasteiger partial charge in [0, 0.05) is 12.1 Å². The Labute approximate surface area is 118 Å². The van der Waals surface area contributed by atoms with Crippen LogP contribution in [0.3, 0.4) is 0 Å². The lowest BCUT2D eigenvalue weighted by Gasteiger charge is -2.33. The van der Waals surface area contributed by atoms with Crippen molar-refractivity contribution in [3.05, 3.63) is 28.3 Å². The highest BCUT2D eigenvalue weighted by Gasteiger charge is 2.28. The van der Waals surface area contributed by atoms with Gasteiger partial charge in [-0.15, -0.1) is 0 Å². The van der Waals surface area contributed by atoms with Crippen molar-refractivity contribution in [1.29, 1.82) is 0 Å². The highest BCUT2D eigenvalue weighted by molar-refractivity contribution is 5.50. The van der Waals surface area contributed by atoms with E-state index in [1.54, 1.807) is 6.07 Å². The van der Waals surface area contributed by atoms with Crippen LogP contribution in [0.4, 0.5) is 5.69 Å². The molecule has 0 bridgehead atoms. The third-order valence-electron chi connectivity index (χ3n) is 3.72. The fourth-order valence-electron chi connectivity index (χ4n) is 2.53. The topological polar surface area (TPSA) is 87.6 Å². The third-order valence-corrected chi connectivity index (χ3v) is 3.72. The van der Waals surface area contributed by atoms with Gasteiger partial charge in [-0.05, 0) is 18.9 Å². The standard InChI is InChI=1S/C14H20N2O4/c1-19-13-9-11(5-6-12(13)16(17)18)20-10-14(15)7-3-2-4-8-14/h5-6,9H,2-4,7-8,10,15H2,1H3. The quantitative estimate of drug-likeness (QED) is 0.661. The first-order chi connectivity index (χ1) is 9.54. The van der Waals surface area contributed by atoms with Crippen LogP contribution in [0.25, 0.3) is 0 Å². The van der Waals surface area contributed by atoms with E-state index in [2.05, 4.69) is 0 Å². The van der Waals surface area contributed by atoms with Crippen LogP contribution in [0.1, 0.15) is 32.1 Å². The van der Waals surface area contributed by atoms with Crippen molar-refractivity contribution in [3.8, 4) is 11.5 Å². The summed E-state index contributed by atoms with van der Waals surface area (Å²) >= 11 is 0. The normalized spacial score (nSPS) is 17.5. The number of methoxy groups -OCH3 is 1. The van der Waals surface area contributed by atoms with Crippen molar-refractivity contribution in [3.63, 3.8) is 0 Å². The fourth-order valence-corrected chi connectivity index (χ4v) is 2.53. The molecule has 0 aromatic heterocycles. The molecule has 0 amide bonds. The maximum atomic E-state index is 10.8. The van der Waals surface area contributed by atoms with Crippen molar-refractivity contribution in [2.45, 2.75) is 37.6 Å². The molecular weight excluding hydrogens is 260 g/mol. The molecule has 2 rings (SSSR count). The van der Waals surface area contributed by atoms with Crippen molar-refractivity contribution in [2.24, 2.45) is 5.73 Å². The molecule has 0 radical (unpaired) electrons. The maximum absolute atomic E-state index is 10.8. The number of hydrogen-bond acceptors (Lipinski definition) is 5. The Kier molecular flexibility index (Phi) is 4.44. The summed E-state index contributed by atoms with van der Waals surface area (Å²) in [5, 5.41) is 10.8. The Balaban J connectivity index is 2.04. The van der Waals surface area contributed by atoms with E-state index < -0.39 is 4.92 Å². The Morgan fingerprint density at radius 2 is 2.05 bits per heavy atom. The van der Waals surface area contributed by atoms with Gasteiger partial charge in [-0.2, -0.15) is 0 Å². The molecule has 1 aliphatic carbocycles. The van der Waals surface area contributed by atoms with E-state index in [-0.39, 0.29) is 17.0 Å². The van der Waals surface area contributed by atoms with Gasteiger partial charge in [-0.25, -0.2) is 0 Å². The van der Waals surface area contributed by atoms with Gasteiger partial charge in [0.05, 0.1) is 17.6 Å². The molecule has 0 atom stereocenters. The van der Waals surface area contributed by atoms with E-state index in [1.165, 1.54) is 25.7 Å². The van der Waals surface area contributed by atoms with E-state index in [4.69, 9.17) is 15.2 Å². The Bertz CT molecular complexity index is 484. The summed E-state index contributed by atoms with van der Waals surface area (Å²) < 4.78 is 10.7. The highest BCUT2D eigenvalue weighted by Crippen LogP contribution is 2.32. The number of rotatable bonds is 5. The zero-order valence-corrected chi connectivity index (χ0v) is 11.6. The first-order valence-corrected chi connectivity index (χ1v) is 6.78. The van der Waals surface area contributed by atoms with Gasteiger partial charge in [-0.1, -0.05) is 19.3 Å². The number of ether oxygens (including phenoxy) is 2. The summed E-state index contributed by atoms with van der Waals surface area (Å²) in [5.74, 6) is 0.741. The van der Waals surface area contributed by atoms with Crippen molar-refractivity contribution in [1.82, 2.24) is 0 Å². The molecule has 20 heavy (non-hydrogen) atoms.